The van der Waals surface area contributed by atoms with Gasteiger partial charge in [-0.25, -0.2) is 8.78 Å². The van der Waals surface area contributed by atoms with Crippen LogP contribution in [0.15, 0.2) is 18.2 Å². The maximum absolute atomic E-state index is 13.6. The Kier molecular flexibility index (Phi) is 4.88. The van der Waals surface area contributed by atoms with Gasteiger partial charge in [0.2, 0.25) is 5.91 Å². The summed E-state index contributed by atoms with van der Waals surface area (Å²) in [6, 6.07) is 3.53. The molecule has 116 valence electrons. The van der Waals surface area contributed by atoms with E-state index < -0.39 is 17.0 Å². The highest BCUT2D eigenvalue weighted by Gasteiger charge is 2.38. The number of carbonyl (C=O) groups excluding carboxylic acids is 1. The lowest BCUT2D eigenvalue weighted by Gasteiger charge is -2.39. The fourth-order valence-electron chi connectivity index (χ4n) is 2.50. The molecule has 1 aliphatic heterocycles. The minimum absolute atomic E-state index is 0.140. The molecule has 6 heteroatoms. The van der Waals surface area contributed by atoms with E-state index in [1.807, 2.05) is 13.8 Å². The first kappa shape index (κ1) is 16.2. The normalized spacial score (nSPS) is 20.0. The molecule has 1 aromatic carbocycles. The van der Waals surface area contributed by atoms with Crippen LogP contribution in [0.3, 0.4) is 0 Å². The Morgan fingerprint density at radius 3 is 2.33 bits per heavy atom. The van der Waals surface area contributed by atoms with E-state index in [4.69, 9.17) is 0 Å². The number of halogens is 2. The SMILES string of the molecule is CC(S)N1CCC(C)(C(=O)Nc2c(F)cccc2F)CC1. The number of piperidine rings is 1. The summed E-state index contributed by atoms with van der Waals surface area (Å²) in [6.07, 6.45) is 1.28. The Balaban J connectivity index is 2.07. The molecule has 1 heterocycles. The van der Waals surface area contributed by atoms with Gasteiger partial charge in [0.25, 0.3) is 0 Å². The van der Waals surface area contributed by atoms with Crippen molar-refractivity contribution in [1.29, 1.82) is 0 Å². The number of nitrogens with zero attached hydrogens (tertiary/aromatic N) is 1. The van der Waals surface area contributed by atoms with Crippen LogP contribution < -0.4 is 5.32 Å². The third kappa shape index (κ3) is 3.55. The first-order chi connectivity index (χ1) is 9.83. The van der Waals surface area contributed by atoms with Crippen LogP contribution >= 0.6 is 12.6 Å². The summed E-state index contributed by atoms with van der Waals surface area (Å²) in [7, 11) is 0. The number of carbonyl (C=O) groups is 1. The number of para-hydroxylation sites is 1. The molecule has 1 unspecified atom stereocenters. The number of thiol groups is 1. The lowest BCUT2D eigenvalue weighted by atomic mass is 9.79. The van der Waals surface area contributed by atoms with Gasteiger partial charge in [0.1, 0.15) is 17.3 Å². The van der Waals surface area contributed by atoms with Crippen LogP contribution in [0.1, 0.15) is 26.7 Å². The van der Waals surface area contributed by atoms with Crippen molar-refractivity contribution in [3.63, 3.8) is 0 Å². The summed E-state index contributed by atoms with van der Waals surface area (Å²) in [4.78, 5) is 14.6. The molecule has 1 aliphatic rings. The van der Waals surface area contributed by atoms with Gasteiger partial charge in [-0.15, -0.1) is 0 Å². The zero-order valence-corrected chi connectivity index (χ0v) is 13.1. The topological polar surface area (TPSA) is 32.3 Å². The third-order valence-electron chi connectivity index (χ3n) is 4.18. The highest BCUT2D eigenvalue weighted by atomic mass is 32.1. The molecule has 1 saturated heterocycles. The molecule has 1 aromatic rings. The van der Waals surface area contributed by atoms with E-state index in [9.17, 15) is 13.6 Å². The second-order valence-corrected chi connectivity index (χ2v) is 6.53. The van der Waals surface area contributed by atoms with Crippen molar-refractivity contribution in [1.82, 2.24) is 4.90 Å². The van der Waals surface area contributed by atoms with Crippen molar-refractivity contribution < 1.29 is 13.6 Å². The smallest absolute Gasteiger partial charge is 0.230 e. The van der Waals surface area contributed by atoms with Crippen LogP contribution in [-0.4, -0.2) is 29.3 Å². The van der Waals surface area contributed by atoms with Gasteiger partial charge in [-0.05, 0) is 31.9 Å². The summed E-state index contributed by atoms with van der Waals surface area (Å²) in [5.41, 5.74) is -0.984. The van der Waals surface area contributed by atoms with E-state index >= 15 is 0 Å². The molecule has 1 fully saturated rings. The van der Waals surface area contributed by atoms with E-state index in [1.165, 1.54) is 6.07 Å². The Morgan fingerprint density at radius 2 is 1.86 bits per heavy atom. The number of amides is 1. The van der Waals surface area contributed by atoms with Gasteiger partial charge in [0, 0.05) is 23.9 Å². The zero-order chi connectivity index (χ0) is 15.6. The molecule has 1 atom stereocenters. The summed E-state index contributed by atoms with van der Waals surface area (Å²) in [5.74, 6) is -1.85. The fourth-order valence-corrected chi connectivity index (χ4v) is 2.73. The average molecular weight is 314 g/mol. The second-order valence-electron chi connectivity index (χ2n) is 5.78. The largest absolute Gasteiger partial charge is 0.321 e. The fraction of sp³-hybridized carbons (Fsp3) is 0.533. The standard InChI is InChI=1S/C15H20F2N2OS/c1-10(21)19-8-6-15(2,7-9-19)14(20)18-13-11(16)4-3-5-12(13)17/h3-5,10,21H,6-9H2,1-2H3,(H,18,20). The molecule has 0 radical (unpaired) electrons. The van der Waals surface area contributed by atoms with Crippen LogP contribution in [0.25, 0.3) is 0 Å². The van der Waals surface area contributed by atoms with E-state index in [-0.39, 0.29) is 17.0 Å². The number of likely N-dealkylation sites (tertiary alicyclic amines) is 1. The van der Waals surface area contributed by atoms with Crippen molar-refractivity contribution >= 4 is 24.2 Å². The van der Waals surface area contributed by atoms with Gasteiger partial charge in [-0.3, -0.25) is 9.69 Å². The molecule has 0 aliphatic carbocycles. The van der Waals surface area contributed by atoms with Crippen molar-refractivity contribution in [2.24, 2.45) is 5.41 Å². The first-order valence-corrected chi connectivity index (χ1v) is 7.53. The van der Waals surface area contributed by atoms with Crippen LogP contribution in [0, 0.1) is 17.0 Å². The van der Waals surface area contributed by atoms with Crippen molar-refractivity contribution in [2.45, 2.75) is 32.1 Å². The minimum atomic E-state index is -0.756. The van der Waals surface area contributed by atoms with E-state index in [0.717, 1.165) is 25.2 Å². The summed E-state index contributed by atoms with van der Waals surface area (Å²) in [6.45, 7) is 5.31. The van der Waals surface area contributed by atoms with E-state index in [2.05, 4.69) is 22.8 Å². The molecule has 1 N–H and O–H groups in total. The number of nitrogens with one attached hydrogen (secondary N) is 1. The van der Waals surface area contributed by atoms with Crippen molar-refractivity contribution in [3.8, 4) is 0 Å². The predicted molar refractivity (Wildman–Crippen MR) is 82.3 cm³/mol. The minimum Gasteiger partial charge on any atom is -0.321 e. The first-order valence-electron chi connectivity index (χ1n) is 7.01. The molecular formula is C15H20F2N2OS. The molecule has 0 spiro atoms. The van der Waals surface area contributed by atoms with Crippen LogP contribution in [0.5, 0.6) is 0 Å². The maximum atomic E-state index is 13.6. The molecule has 21 heavy (non-hydrogen) atoms. The molecular weight excluding hydrogens is 294 g/mol. The Morgan fingerprint density at radius 1 is 1.33 bits per heavy atom. The molecule has 1 amide bonds. The molecule has 0 bridgehead atoms. The predicted octanol–water partition coefficient (Wildman–Crippen LogP) is 3.28. The van der Waals surface area contributed by atoms with Gasteiger partial charge in [0.05, 0.1) is 0 Å². The van der Waals surface area contributed by atoms with Crippen molar-refractivity contribution in [3.05, 3.63) is 29.8 Å². The maximum Gasteiger partial charge on any atom is 0.230 e. The molecule has 0 aromatic heterocycles. The summed E-state index contributed by atoms with van der Waals surface area (Å²) < 4.78 is 27.2. The van der Waals surface area contributed by atoms with Crippen LogP contribution in [0.4, 0.5) is 14.5 Å². The number of benzene rings is 1. The zero-order valence-electron chi connectivity index (χ0n) is 12.2. The van der Waals surface area contributed by atoms with Gasteiger partial charge < -0.3 is 5.32 Å². The number of rotatable bonds is 3. The third-order valence-corrected chi connectivity index (χ3v) is 4.51. The highest BCUT2D eigenvalue weighted by Crippen LogP contribution is 2.34. The second kappa shape index (κ2) is 6.32. The Labute approximate surface area is 129 Å². The van der Waals surface area contributed by atoms with E-state index in [1.54, 1.807) is 0 Å². The number of anilines is 1. The van der Waals surface area contributed by atoms with Gasteiger partial charge in [0.15, 0.2) is 0 Å². The molecule has 3 nitrogen and oxygen atoms in total. The number of hydrogen-bond donors (Lipinski definition) is 2. The Bertz CT molecular complexity index is 508. The van der Waals surface area contributed by atoms with Crippen LogP contribution in [-0.2, 0) is 4.79 Å². The summed E-state index contributed by atoms with van der Waals surface area (Å²) in [5, 5.41) is 2.55. The average Bonchev–Trinajstić information content (AvgIpc) is 2.43. The lowest BCUT2D eigenvalue weighted by Crippen LogP contribution is -2.46. The highest BCUT2D eigenvalue weighted by molar-refractivity contribution is 7.80. The quantitative estimate of drug-likeness (QED) is 0.839. The van der Waals surface area contributed by atoms with Gasteiger partial charge >= 0.3 is 0 Å². The van der Waals surface area contributed by atoms with Crippen molar-refractivity contribution in [2.75, 3.05) is 18.4 Å². The van der Waals surface area contributed by atoms with Crippen LogP contribution in [0.2, 0.25) is 0 Å². The van der Waals surface area contributed by atoms with Gasteiger partial charge in [-0.2, -0.15) is 12.6 Å². The monoisotopic (exact) mass is 314 g/mol. The summed E-state index contributed by atoms with van der Waals surface area (Å²) >= 11 is 4.38. The van der Waals surface area contributed by atoms with Gasteiger partial charge in [-0.1, -0.05) is 13.0 Å². The Hall–Kier alpha value is -1.14. The molecule has 0 saturated carbocycles. The number of hydrogen-bond acceptors (Lipinski definition) is 3. The lowest BCUT2D eigenvalue weighted by molar-refractivity contribution is -0.127. The van der Waals surface area contributed by atoms with E-state index in [0.29, 0.717) is 12.8 Å². The molecule has 2 rings (SSSR count).